The Morgan fingerprint density at radius 3 is 1.67 bits per heavy atom. The number of rotatable bonds is 4. The molecule has 0 saturated heterocycles. The Morgan fingerprint density at radius 2 is 1.21 bits per heavy atom. The molecule has 3 heteroatoms. The summed E-state index contributed by atoms with van der Waals surface area (Å²) in [6.07, 6.45) is 0. The average molecular weight is 315 g/mol. The fourth-order valence-corrected chi connectivity index (χ4v) is 2.39. The van der Waals surface area contributed by atoms with E-state index < -0.39 is 0 Å². The lowest BCUT2D eigenvalue weighted by Crippen LogP contribution is -2.07. The minimum Gasteiger partial charge on any atom is -0.497 e. The molecule has 0 bridgehead atoms. The second kappa shape index (κ2) is 7.38. The van der Waals surface area contributed by atoms with Gasteiger partial charge in [0.2, 0.25) is 0 Å². The first-order valence-electron chi connectivity index (χ1n) is 7.66. The fraction of sp³-hybridized carbons (Fsp3) is 0.0476. The highest BCUT2D eigenvalue weighted by atomic mass is 16.5. The summed E-state index contributed by atoms with van der Waals surface area (Å²) >= 11 is 0. The molecule has 0 atom stereocenters. The predicted octanol–water partition coefficient (Wildman–Crippen LogP) is 4.37. The summed E-state index contributed by atoms with van der Waals surface area (Å²) in [5.74, 6) is 0.433. The Hall–Kier alpha value is -3.20. The molecule has 0 heterocycles. The van der Waals surface area contributed by atoms with Gasteiger partial charge in [-0.25, -0.2) is 4.99 Å². The van der Waals surface area contributed by atoms with Crippen LogP contribution in [0.1, 0.15) is 21.5 Å². The smallest absolute Gasteiger partial charge is 0.277 e. The molecule has 0 fully saturated rings. The number of carbonyl (C=O) groups is 1. The van der Waals surface area contributed by atoms with E-state index in [9.17, 15) is 4.79 Å². The van der Waals surface area contributed by atoms with Gasteiger partial charge in [0.25, 0.3) is 5.91 Å². The van der Waals surface area contributed by atoms with Crippen molar-refractivity contribution in [3.05, 3.63) is 102 Å². The molecule has 118 valence electrons. The van der Waals surface area contributed by atoms with E-state index in [1.165, 1.54) is 0 Å². The number of nitrogens with zero attached hydrogens (tertiary/aromatic N) is 1. The first-order valence-corrected chi connectivity index (χ1v) is 7.66. The summed E-state index contributed by atoms with van der Waals surface area (Å²) in [6.45, 7) is 0. The van der Waals surface area contributed by atoms with Gasteiger partial charge < -0.3 is 4.74 Å². The van der Waals surface area contributed by atoms with Crippen molar-refractivity contribution >= 4 is 11.6 Å². The van der Waals surface area contributed by atoms with E-state index in [0.29, 0.717) is 17.0 Å². The Kier molecular flexibility index (Phi) is 4.82. The molecule has 3 rings (SSSR count). The minimum atomic E-state index is -0.277. The van der Waals surface area contributed by atoms with Crippen molar-refractivity contribution in [2.45, 2.75) is 0 Å². The maximum absolute atomic E-state index is 12.6. The topological polar surface area (TPSA) is 38.7 Å². The number of aliphatic imine (C=N–C) groups is 1. The fourth-order valence-electron chi connectivity index (χ4n) is 2.39. The second-order valence-corrected chi connectivity index (χ2v) is 5.23. The van der Waals surface area contributed by atoms with Crippen LogP contribution >= 0.6 is 0 Å². The number of amides is 1. The highest BCUT2D eigenvalue weighted by molar-refractivity contribution is 6.18. The van der Waals surface area contributed by atoms with Crippen LogP contribution in [0.4, 0.5) is 0 Å². The standard InChI is InChI=1S/C21H17NO2/c1-24-19-14-12-18(13-15-19)21(23)22-20(16-8-4-2-5-9-16)17-10-6-3-7-11-17/h2-15H,1H3. The van der Waals surface area contributed by atoms with Crippen LogP contribution in [0.3, 0.4) is 0 Å². The monoisotopic (exact) mass is 315 g/mol. The maximum atomic E-state index is 12.6. The zero-order valence-electron chi connectivity index (χ0n) is 13.3. The summed E-state index contributed by atoms with van der Waals surface area (Å²) in [5, 5.41) is 0. The summed E-state index contributed by atoms with van der Waals surface area (Å²) in [6, 6.07) is 26.4. The van der Waals surface area contributed by atoms with Crippen molar-refractivity contribution in [3.63, 3.8) is 0 Å². The molecule has 0 spiro atoms. The van der Waals surface area contributed by atoms with Crippen molar-refractivity contribution < 1.29 is 9.53 Å². The Labute approximate surface area is 141 Å². The van der Waals surface area contributed by atoms with E-state index in [2.05, 4.69) is 4.99 Å². The van der Waals surface area contributed by atoms with Crippen LogP contribution in [0.25, 0.3) is 0 Å². The van der Waals surface area contributed by atoms with E-state index in [1.54, 1.807) is 31.4 Å². The van der Waals surface area contributed by atoms with E-state index in [4.69, 9.17) is 4.74 Å². The molecule has 0 N–H and O–H groups in total. The van der Waals surface area contributed by atoms with Gasteiger partial charge in [-0.05, 0) is 24.3 Å². The molecule has 24 heavy (non-hydrogen) atoms. The van der Waals surface area contributed by atoms with Crippen LogP contribution in [0.2, 0.25) is 0 Å². The number of ether oxygens (including phenoxy) is 1. The molecule has 1 amide bonds. The third-order valence-corrected chi connectivity index (χ3v) is 3.64. The molecule has 3 aromatic carbocycles. The summed E-state index contributed by atoms with van der Waals surface area (Å²) < 4.78 is 5.12. The molecule has 0 radical (unpaired) electrons. The minimum absolute atomic E-state index is 0.277. The number of benzene rings is 3. The van der Waals surface area contributed by atoms with Gasteiger partial charge in [-0.15, -0.1) is 0 Å². The lowest BCUT2D eigenvalue weighted by molar-refractivity contribution is 0.100. The summed E-state index contributed by atoms with van der Waals surface area (Å²) in [4.78, 5) is 17.0. The molecular formula is C21H17NO2. The van der Waals surface area contributed by atoms with Gasteiger partial charge in [0.05, 0.1) is 12.8 Å². The highest BCUT2D eigenvalue weighted by Gasteiger charge is 2.11. The largest absolute Gasteiger partial charge is 0.497 e. The van der Waals surface area contributed by atoms with Crippen LogP contribution in [0, 0.1) is 0 Å². The van der Waals surface area contributed by atoms with E-state index in [0.717, 1.165) is 11.1 Å². The van der Waals surface area contributed by atoms with Gasteiger partial charge in [0.15, 0.2) is 0 Å². The number of methoxy groups -OCH3 is 1. The lowest BCUT2D eigenvalue weighted by atomic mass is 10.0. The van der Waals surface area contributed by atoms with Crippen molar-refractivity contribution in [2.24, 2.45) is 4.99 Å². The van der Waals surface area contributed by atoms with Gasteiger partial charge >= 0.3 is 0 Å². The zero-order valence-corrected chi connectivity index (χ0v) is 13.3. The van der Waals surface area contributed by atoms with Crippen LogP contribution in [-0.2, 0) is 0 Å². The second-order valence-electron chi connectivity index (χ2n) is 5.23. The number of hydrogen-bond acceptors (Lipinski definition) is 2. The predicted molar refractivity (Wildman–Crippen MR) is 95.8 cm³/mol. The molecule has 3 nitrogen and oxygen atoms in total. The van der Waals surface area contributed by atoms with Crippen molar-refractivity contribution in [2.75, 3.05) is 7.11 Å². The van der Waals surface area contributed by atoms with Gasteiger partial charge in [0, 0.05) is 16.7 Å². The zero-order chi connectivity index (χ0) is 16.8. The lowest BCUT2D eigenvalue weighted by Gasteiger charge is -2.07. The molecule has 0 unspecified atom stereocenters. The Bertz CT molecular complexity index is 797. The summed E-state index contributed by atoms with van der Waals surface area (Å²) in [7, 11) is 1.60. The first kappa shape index (κ1) is 15.7. The van der Waals surface area contributed by atoms with Crippen molar-refractivity contribution in [1.82, 2.24) is 0 Å². The van der Waals surface area contributed by atoms with Crippen LogP contribution < -0.4 is 4.74 Å². The van der Waals surface area contributed by atoms with Gasteiger partial charge in [-0.1, -0.05) is 60.7 Å². The molecule has 0 aliphatic rings. The van der Waals surface area contributed by atoms with E-state index in [-0.39, 0.29) is 5.91 Å². The van der Waals surface area contributed by atoms with E-state index >= 15 is 0 Å². The molecular weight excluding hydrogens is 298 g/mol. The molecule has 0 aliphatic heterocycles. The third kappa shape index (κ3) is 3.58. The third-order valence-electron chi connectivity index (χ3n) is 3.64. The van der Waals surface area contributed by atoms with Crippen LogP contribution in [-0.4, -0.2) is 18.7 Å². The molecule has 3 aromatic rings. The van der Waals surface area contributed by atoms with E-state index in [1.807, 2.05) is 60.7 Å². The highest BCUT2D eigenvalue weighted by Crippen LogP contribution is 2.15. The SMILES string of the molecule is COc1ccc(C(=O)N=C(c2ccccc2)c2ccccc2)cc1. The van der Waals surface area contributed by atoms with Crippen LogP contribution in [0.5, 0.6) is 5.75 Å². The number of hydrogen-bond donors (Lipinski definition) is 0. The van der Waals surface area contributed by atoms with Crippen LogP contribution in [0.15, 0.2) is 89.9 Å². The van der Waals surface area contributed by atoms with Gasteiger partial charge in [-0.3, -0.25) is 4.79 Å². The molecule has 0 aromatic heterocycles. The molecule has 0 saturated carbocycles. The van der Waals surface area contributed by atoms with Gasteiger partial charge in [0.1, 0.15) is 5.75 Å². The average Bonchev–Trinajstić information content (AvgIpc) is 2.67. The van der Waals surface area contributed by atoms with Gasteiger partial charge in [-0.2, -0.15) is 0 Å². The Balaban J connectivity index is 2.01. The summed E-state index contributed by atoms with van der Waals surface area (Å²) in [5.41, 5.74) is 3.01. The Morgan fingerprint density at radius 1 is 0.708 bits per heavy atom. The normalized spacial score (nSPS) is 10.0. The quantitative estimate of drug-likeness (QED) is 0.670. The molecule has 0 aliphatic carbocycles. The van der Waals surface area contributed by atoms with Crippen molar-refractivity contribution in [1.29, 1.82) is 0 Å². The maximum Gasteiger partial charge on any atom is 0.277 e. The first-order chi connectivity index (χ1) is 11.8. The number of carbonyl (C=O) groups excluding carboxylic acids is 1. The van der Waals surface area contributed by atoms with Crippen molar-refractivity contribution in [3.8, 4) is 5.75 Å².